The number of carbonyl (C=O) groups is 1. The van der Waals surface area contributed by atoms with Crippen molar-refractivity contribution in [3.63, 3.8) is 0 Å². The quantitative estimate of drug-likeness (QED) is 0.805. The molecule has 0 spiro atoms. The van der Waals surface area contributed by atoms with E-state index in [1.54, 1.807) is 13.0 Å². The van der Waals surface area contributed by atoms with Gasteiger partial charge in [0.15, 0.2) is 0 Å². The molecule has 2 N–H and O–H groups in total. The van der Waals surface area contributed by atoms with Crippen LogP contribution in [-0.2, 0) is 9.47 Å². The molecule has 0 saturated carbocycles. The molecule has 4 nitrogen and oxygen atoms in total. The topological polar surface area (TPSA) is 61.5 Å². The second kappa shape index (κ2) is 5.86. The monoisotopic (exact) mass is 243 g/mol. The second-order valence-corrected chi connectivity index (χ2v) is 4.75. The van der Waals surface area contributed by atoms with Gasteiger partial charge in [0.25, 0.3) is 0 Å². The van der Waals surface area contributed by atoms with E-state index < -0.39 is 0 Å². The summed E-state index contributed by atoms with van der Waals surface area (Å²) in [7, 11) is 0. The molecule has 0 fully saturated rings. The van der Waals surface area contributed by atoms with Crippen LogP contribution in [0, 0.1) is 6.92 Å². The van der Waals surface area contributed by atoms with E-state index in [-0.39, 0.29) is 12.1 Å². The summed E-state index contributed by atoms with van der Waals surface area (Å²) in [6.45, 7) is 6.62. The lowest BCUT2D eigenvalue weighted by Gasteiger charge is -2.11. The molecule has 0 aliphatic heterocycles. The Labute approximate surface area is 99.4 Å². The molecule has 1 aromatic heterocycles. The molecule has 90 valence electrons. The van der Waals surface area contributed by atoms with E-state index in [1.165, 1.54) is 11.3 Å². The number of esters is 1. The van der Waals surface area contributed by atoms with Gasteiger partial charge in [-0.2, -0.15) is 0 Å². The van der Waals surface area contributed by atoms with Gasteiger partial charge < -0.3 is 15.2 Å². The standard InChI is InChI=1S/C11H17NO3S/c1-4-14-6-7(2)15-11(13)10-5-9(12)8(3)16-10/h5,7H,4,6,12H2,1-3H3. The van der Waals surface area contributed by atoms with Gasteiger partial charge in [-0.15, -0.1) is 11.3 Å². The molecule has 0 aliphatic rings. The number of anilines is 1. The maximum atomic E-state index is 11.7. The van der Waals surface area contributed by atoms with Gasteiger partial charge in [0.2, 0.25) is 0 Å². The first-order valence-corrected chi connectivity index (χ1v) is 6.00. The van der Waals surface area contributed by atoms with Crippen LogP contribution in [0.4, 0.5) is 5.69 Å². The van der Waals surface area contributed by atoms with Crippen LogP contribution in [0.5, 0.6) is 0 Å². The van der Waals surface area contributed by atoms with Crippen LogP contribution in [0.3, 0.4) is 0 Å². The van der Waals surface area contributed by atoms with Crippen molar-refractivity contribution < 1.29 is 14.3 Å². The van der Waals surface area contributed by atoms with Crippen molar-refractivity contribution in [1.29, 1.82) is 0 Å². The molecular weight excluding hydrogens is 226 g/mol. The fourth-order valence-electron chi connectivity index (χ4n) is 1.16. The number of hydrogen-bond donors (Lipinski definition) is 1. The molecule has 0 saturated heterocycles. The van der Waals surface area contributed by atoms with E-state index >= 15 is 0 Å². The summed E-state index contributed by atoms with van der Waals surface area (Å²) >= 11 is 1.35. The smallest absolute Gasteiger partial charge is 0.348 e. The third-order valence-corrected chi connectivity index (χ3v) is 3.07. The van der Waals surface area contributed by atoms with Crippen molar-refractivity contribution >= 4 is 23.0 Å². The number of ether oxygens (including phenoxy) is 2. The Balaban J connectivity index is 2.52. The number of carbonyl (C=O) groups excluding carboxylic acids is 1. The van der Waals surface area contributed by atoms with Gasteiger partial charge >= 0.3 is 5.97 Å². The van der Waals surface area contributed by atoms with Crippen LogP contribution in [-0.4, -0.2) is 25.3 Å². The van der Waals surface area contributed by atoms with E-state index in [2.05, 4.69) is 0 Å². The number of aryl methyl sites for hydroxylation is 1. The van der Waals surface area contributed by atoms with Gasteiger partial charge in [-0.05, 0) is 26.8 Å². The molecule has 0 bridgehead atoms. The lowest BCUT2D eigenvalue weighted by Crippen LogP contribution is -2.19. The third-order valence-electron chi connectivity index (χ3n) is 2.02. The van der Waals surface area contributed by atoms with Crippen LogP contribution in [0.1, 0.15) is 28.4 Å². The summed E-state index contributed by atoms with van der Waals surface area (Å²) in [5.41, 5.74) is 6.30. The molecule has 1 unspecified atom stereocenters. The van der Waals surface area contributed by atoms with Gasteiger partial charge in [0.1, 0.15) is 11.0 Å². The van der Waals surface area contributed by atoms with Crippen LogP contribution >= 0.6 is 11.3 Å². The normalized spacial score (nSPS) is 12.4. The Morgan fingerprint density at radius 3 is 2.81 bits per heavy atom. The number of hydrogen-bond acceptors (Lipinski definition) is 5. The van der Waals surface area contributed by atoms with Crippen LogP contribution < -0.4 is 5.73 Å². The summed E-state index contributed by atoms with van der Waals surface area (Å²) in [5, 5.41) is 0. The molecule has 0 amide bonds. The molecule has 16 heavy (non-hydrogen) atoms. The van der Waals surface area contributed by atoms with Crippen LogP contribution in [0.15, 0.2) is 6.07 Å². The van der Waals surface area contributed by atoms with Gasteiger partial charge in [-0.1, -0.05) is 0 Å². The molecule has 1 heterocycles. The Bertz CT molecular complexity index is 343. The average molecular weight is 243 g/mol. The Kier molecular flexibility index (Phi) is 4.76. The zero-order valence-corrected chi connectivity index (χ0v) is 10.6. The minimum Gasteiger partial charge on any atom is -0.456 e. The number of nitrogens with two attached hydrogens (primary N) is 1. The molecule has 0 radical (unpaired) electrons. The third kappa shape index (κ3) is 3.50. The molecule has 0 aliphatic carbocycles. The summed E-state index contributed by atoms with van der Waals surface area (Å²) in [6, 6.07) is 1.65. The maximum Gasteiger partial charge on any atom is 0.348 e. The van der Waals surface area contributed by atoms with Gasteiger partial charge in [0.05, 0.1) is 6.61 Å². The number of nitrogen functional groups attached to an aromatic ring is 1. The zero-order valence-electron chi connectivity index (χ0n) is 9.78. The average Bonchev–Trinajstić information content (AvgIpc) is 2.56. The number of rotatable bonds is 5. The minimum absolute atomic E-state index is 0.240. The molecule has 1 atom stereocenters. The Hall–Kier alpha value is -1.07. The highest BCUT2D eigenvalue weighted by Gasteiger charge is 2.15. The van der Waals surface area contributed by atoms with Gasteiger partial charge in [-0.25, -0.2) is 4.79 Å². The van der Waals surface area contributed by atoms with Gasteiger partial charge in [-0.3, -0.25) is 0 Å². The van der Waals surface area contributed by atoms with E-state index in [4.69, 9.17) is 15.2 Å². The van der Waals surface area contributed by atoms with Crippen molar-refractivity contribution in [3.05, 3.63) is 15.8 Å². The molecule has 1 aromatic rings. The zero-order chi connectivity index (χ0) is 12.1. The summed E-state index contributed by atoms with van der Waals surface area (Å²) in [4.78, 5) is 13.1. The van der Waals surface area contributed by atoms with Crippen molar-refractivity contribution in [2.24, 2.45) is 0 Å². The number of thiophene rings is 1. The first-order chi connectivity index (χ1) is 7.54. The fraction of sp³-hybridized carbons (Fsp3) is 0.545. The van der Waals surface area contributed by atoms with Crippen molar-refractivity contribution in [1.82, 2.24) is 0 Å². The van der Waals surface area contributed by atoms with E-state index in [0.29, 0.717) is 23.8 Å². The maximum absolute atomic E-state index is 11.7. The highest BCUT2D eigenvalue weighted by molar-refractivity contribution is 7.14. The predicted octanol–water partition coefficient (Wildman–Crippen LogP) is 2.22. The van der Waals surface area contributed by atoms with Crippen LogP contribution in [0.25, 0.3) is 0 Å². The molecule has 1 rings (SSSR count). The fourth-order valence-corrected chi connectivity index (χ4v) is 1.98. The van der Waals surface area contributed by atoms with E-state index in [9.17, 15) is 4.79 Å². The SMILES string of the molecule is CCOCC(C)OC(=O)c1cc(N)c(C)s1. The van der Waals surface area contributed by atoms with Crippen molar-refractivity contribution in [3.8, 4) is 0 Å². The lowest BCUT2D eigenvalue weighted by molar-refractivity contribution is 0.00484. The Morgan fingerprint density at radius 1 is 1.62 bits per heavy atom. The lowest BCUT2D eigenvalue weighted by atomic mass is 10.4. The first kappa shape index (κ1) is 13.0. The summed E-state index contributed by atoms with van der Waals surface area (Å²) in [5.74, 6) is -0.336. The molecular formula is C11H17NO3S. The Morgan fingerprint density at radius 2 is 2.31 bits per heavy atom. The van der Waals surface area contributed by atoms with Crippen molar-refractivity contribution in [2.45, 2.75) is 26.9 Å². The highest BCUT2D eigenvalue weighted by Crippen LogP contribution is 2.24. The van der Waals surface area contributed by atoms with E-state index in [0.717, 1.165) is 4.88 Å². The van der Waals surface area contributed by atoms with Gasteiger partial charge in [0, 0.05) is 17.2 Å². The molecule has 0 aromatic carbocycles. The molecule has 5 heteroatoms. The first-order valence-electron chi connectivity index (χ1n) is 5.19. The van der Waals surface area contributed by atoms with E-state index in [1.807, 2.05) is 13.8 Å². The largest absolute Gasteiger partial charge is 0.456 e. The minimum atomic E-state index is -0.336. The highest BCUT2D eigenvalue weighted by atomic mass is 32.1. The van der Waals surface area contributed by atoms with Crippen LogP contribution in [0.2, 0.25) is 0 Å². The van der Waals surface area contributed by atoms with Crippen molar-refractivity contribution in [2.75, 3.05) is 18.9 Å². The predicted molar refractivity (Wildman–Crippen MR) is 64.8 cm³/mol. The summed E-state index contributed by atoms with van der Waals surface area (Å²) < 4.78 is 10.4. The summed E-state index contributed by atoms with van der Waals surface area (Å²) in [6.07, 6.45) is -0.240. The second-order valence-electron chi connectivity index (χ2n) is 3.50.